The lowest BCUT2D eigenvalue weighted by atomic mass is 10.2. The van der Waals surface area contributed by atoms with Gasteiger partial charge in [0.15, 0.2) is 0 Å². The maximum Gasteiger partial charge on any atom is 0.416 e. The number of nitrogens with one attached hydrogen (secondary N) is 1. The summed E-state index contributed by atoms with van der Waals surface area (Å²) in [4.78, 5) is 16.5. The van der Waals surface area contributed by atoms with Gasteiger partial charge in [-0.15, -0.1) is 0 Å². The van der Waals surface area contributed by atoms with Crippen LogP contribution in [0, 0.1) is 0 Å². The number of alkyl halides is 3. The molecule has 2 heterocycles. The largest absolute Gasteiger partial charge is 0.416 e. The van der Waals surface area contributed by atoms with Crippen LogP contribution in [-0.4, -0.2) is 46.9 Å². The Hall–Kier alpha value is -3.49. The van der Waals surface area contributed by atoms with E-state index < -0.39 is 11.7 Å². The van der Waals surface area contributed by atoms with Gasteiger partial charge in [0.2, 0.25) is 0 Å². The van der Waals surface area contributed by atoms with E-state index in [-0.39, 0.29) is 11.7 Å². The van der Waals surface area contributed by atoms with Crippen LogP contribution in [0.25, 0.3) is 5.69 Å². The van der Waals surface area contributed by atoms with Crippen LogP contribution in [0.3, 0.4) is 0 Å². The maximum absolute atomic E-state index is 12.9. The van der Waals surface area contributed by atoms with Crippen molar-refractivity contribution in [2.24, 2.45) is 0 Å². The minimum atomic E-state index is -4.43. The number of anilines is 2. The average Bonchev–Trinajstić information content (AvgIpc) is 3.22. The molecule has 1 aliphatic heterocycles. The van der Waals surface area contributed by atoms with E-state index in [1.54, 1.807) is 4.90 Å². The van der Waals surface area contributed by atoms with Gasteiger partial charge >= 0.3 is 12.2 Å². The van der Waals surface area contributed by atoms with Crippen LogP contribution < -0.4 is 10.2 Å². The minimum absolute atomic E-state index is 0.258. The van der Waals surface area contributed by atoms with Gasteiger partial charge in [-0.3, -0.25) is 0 Å². The molecule has 0 unspecified atom stereocenters. The Labute approximate surface area is 171 Å². The Morgan fingerprint density at radius 1 is 0.933 bits per heavy atom. The highest BCUT2D eigenvalue weighted by atomic mass is 19.4. The topological polar surface area (TPSA) is 53.4 Å². The number of urea groups is 1. The standard InChI is InChI=1S/C21H20F3N5O/c22-21(23,24)16-5-4-8-19(13-16)29-15-17(14-25-29)26-20(30)28-11-9-27(10-12-28)18-6-2-1-3-7-18/h1-8,13-15H,9-12H2,(H,26,30). The Kier molecular flexibility index (Phi) is 5.35. The van der Waals surface area contributed by atoms with Gasteiger partial charge in [0.05, 0.1) is 29.3 Å². The molecule has 1 N–H and O–H groups in total. The maximum atomic E-state index is 12.9. The number of amides is 2. The molecule has 1 saturated heterocycles. The molecule has 9 heteroatoms. The van der Waals surface area contributed by atoms with E-state index >= 15 is 0 Å². The molecule has 0 spiro atoms. The number of benzene rings is 2. The van der Waals surface area contributed by atoms with E-state index in [2.05, 4.69) is 15.3 Å². The first kappa shape index (κ1) is 19.8. The van der Waals surface area contributed by atoms with Gasteiger partial charge in [-0.25, -0.2) is 9.48 Å². The second-order valence-electron chi connectivity index (χ2n) is 6.96. The highest BCUT2D eigenvalue weighted by Gasteiger charge is 2.30. The van der Waals surface area contributed by atoms with E-state index in [0.29, 0.717) is 18.8 Å². The summed E-state index contributed by atoms with van der Waals surface area (Å²) in [5.74, 6) is 0. The molecule has 1 aliphatic rings. The molecule has 3 aromatic rings. The van der Waals surface area contributed by atoms with E-state index in [4.69, 9.17) is 0 Å². The number of hydrogen-bond acceptors (Lipinski definition) is 3. The van der Waals surface area contributed by atoms with Crippen LogP contribution in [-0.2, 0) is 6.18 Å². The average molecular weight is 415 g/mol. The Bertz CT molecular complexity index is 1010. The van der Waals surface area contributed by atoms with Crippen LogP contribution in [0.1, 0.15) is 5.56 Å². The summed E-state index contributed by atoms with van der Waals surface area (Å²) >= 11 is 0. The smallest absolute Gasteiger partial charge is 0.368 e. The number of hydrogen-bond donors (Lipinski definition) is 1. The highest BCUT2D eigenvalue weighted by Crippen LogP contribution is 2.30. The quantitative estimate of drug-likeness (QED) is 0.696. The van der Waals surface area contributed by atoms with Gasteiger partial charge in [0.25, 0.3) is 0 Å². The number of halogens is 3. The number of piperazine rings is 1. The lowest BCUT2D eigenvalue weighted by molar-refractivity contribution is -0.137. The van der Waals surface area contributed by atoms with E-state index in [0.717, 1.165) is 30.9 Å². The van der Waals surface area contributed by atoms with Crippen molar-refractivity contribution in [2.45, 2.75) is 6.18 Å². The number of aromatic nitrogens is 2. The van der Waals surface area contributed by atoms with Crippen molar-refractivity contribution in [3.05, 3.63) is 72.6 Å². The molecular formula is C21H20F3N5O. The number of para-hydroxylation sites is 1. The van der Waals surface area contributed by atoms with Crippen LogP contribution in [0.4, 0.5) is 29.3 Å². The predicted octanol–water partition coefficient (Wildman–Crippen LogP) is 4.25. The summed E-state index contributed by atoms with van der Waals surface area (Å²) in [7, 11) is 0. The minimum Gasteiger partial charge on any atom is -0.368 e. The molecule has 0 aliphatic carbocycles. The number of carbonyl (C=O) groups is 1. The summed E-state index contributed by atoms with van der Waals surface area (Å²) in [6.45, 7) is 2.59. The van der Waals surface area contributed by atoms with Gasteiger partial charge < -0.3 is 15.1 Å². The summed E-state index contributed by atoms with van der Waals surface area (Å²) in [6.07, 6.45) is -1.52. The second kappa shape index (κ2) is 8.10. The third kappa shape index (κ3) is 4.40. The van der Waals surface area contributed by atoms with Crippen LogP contribution in [0.5, 0.6) is 0 Å². The predicted molar refractivity (Wildman–Crippen MR) is 108 cm³/mol. The first-order valence-corrected chi connectivity index (χ1v) is 9.48. The van der Waals surface area contributed by atoms with E-state index in [1.165, 1.54) is 29.2 Å². The van der Waals surface area contributed by atoms with Gasteiger partial charge in [0.1, 0.15) is 0 Å². The zero-order valence-corrected chi connectivity index (χ0v) is 16.0. The third-order valence-corrected chi connectivity index (χ3v) is 4.96. The van der Waals surface area contributed by atoms with Crippen LogP contribution in [0.15, 0.2) is 67.0 Å². The molecule has 0 radical (unpaired) electrons. The van der Waals surface area contributed by atoms with Gasteiger partial charge in [-0.05, 0) is 30.3 Å². The fraction of sp³-hybridized carbons (Fsp3) is 0.238. The van der Waals surface area contributed by atoms with Crippen molar-refractivity contribution < 1.29 is 18.0 Å². The zero-order valence-electron chi connectivity index (χ0n) is 16.0. The SMILES string of the molecule is O=C(Nc1cnn(-c2cccc(C(F)(F)F)c2)c1)N1CCN(c2ccccc2)CC1. The molecule has 0 atom stereocenters. The Morgan fingerprint density at radius 2 is 1.63 bits per heavy atom. The van der Waals surface area contributed by atoms with Gasteiger partial charge in [-0.2, -0.15) is 18.3 Å². The first-order chi connectivity index (χ1) is 14.4. The summed E-state index contributed by atoms with van der Waals surface area (Å²) < 4.78 is 40.0. The van der Waals surface area contributed by atoms with Gasteiger partial charge in [-0.1, -0.05) is 24.3 Å². The molecule has 4 rings (SSSR count). The zero-order chi connectivity index (χ0) is 21.1. The highest BCUT2D eigenvalue weighted by molar-refractivity contribution is 5.89. The van der Waals surface area contributed by atoms with Gasteiger partial charge in [0, 0.05) is 31.9 Å². The first-order valence-electron chi connectivity index (χ1n) is 9.48. The van der Waals surface area contributed by atoms with Crippen LogP contribution in [0.2, 0.25) is 0 Å². The molecule has 0 saturated carbocycles. The molecule has 0 bridgehead atoms. The summed E-state index contributed by atoms with van der Waals surface area (Å²) in [6, 6.07) is 14.6. The fourth-order valence-electron chi connectivity index (χ4n) is 3.36. The molecule has 1 fully saturated rings. The normalized spacial score (nSPS) is 14.6. The van der Waals surface area contributed by atoms with Crippen molar-refractivity contribution in [3.63, 3.8) is 0 Å². The van der Waals surface area contributed by atoms with E-state index in [1.807, 2.05) is 30.3 Å². The molecule has 2 aromatic carbocycles. The number of nitrogens with zero attached hydrogens (tertiary/aromatic N) is 4. The fourth-order valence-corrected chi connectivity index (χ4v) is 3.36. The monoisotopic (exact) mass is 415 g/mol. The molecule has 6 nitrogen and oxygen atoms in total. The Morgan fingerprint density at radius 3 is 2.33 bits per heavy atom. The van der Waals surface area contributed by atoms with Crippen molar-refractivity contribution in [1.29, 1.82) is 0 Å². The number of rotatable bonds is 3. The van der Waals surface area contributed by atoms with Crippen LogP contribution >= 0.6 is 0 Å². The van der Waals surface area contributed by atoms with Crippen molar-refractivity contribution in [1.82, 2.24) is 14.7 Å². The second-order valence-corrected chi connectivity index (χ2v) is 6.96. The third-order valence-electron chi connectivity index (χ3n) is 4.96. The van der Waals surface area contributed by atoms with Crippen molar-refractivity contribution >= 4 is 17.4 Å². The van der Waals surface area contributed by atoms with Crippen molar-refractivity contribution in [2.75, 3.05) is 36.4 Å². The molecule has 1 aromatic heterocycles. The summed E-state index contributed by atoms with van der Waals surface area (Å²) in [5.41, 5.74) is 1.06. The molecule has 30 heavy (non-hydrogen) atoms. The van der Waals surface area contributed by atoms with E-state index in [9.17, 15) is 18.0 Å². The molecular weight excluding hydrogens is 395 g/mol. The lowest BCUT2D eigenvalue weighted by Gasteiger charge is -2.35. The molecule has 156 valence electrons. The lowest BCUT2D eigenvalue weighted by Crippen LogP contribution is -2.50. The molecule has 2 amide bonds. The Balaban J connectivity index is 1.37. The number of carbonyl (C=O) groups excluding carboxylic acids is 1. The van der Waals surface area contributed by atoms with Crippen molar-refractivity contribution in [3.8, 4) is 5.69 Å². The summed E-state index contributed by atoms with van der Waals surface area (Å²) in [5, 5.41) is 6.83.